The van der Waals surface area contributed by atoms with Gasteiger partial charge in [0.2, 0.25) is 0 Å². The van der Waals surface area contributed by atoms with Crippen LogP contribution in [0, 0.1) is 12.7 Å². The molecule has 0 aromatic heterocycles. The van der Waals surface area contributed by atoms with Crippen molar-refractivity contribution in [2.24, 2.45) is 0 Å². The Kier molecular flexibility index (Phi) is 4.79. The molecular formula is C17H19ClFN. The van der Waals surface area contributed by atoms with E-state index < -0.39 is 0 Å². The Balaban J connectivity index is 2.15. The van der Waals surface area contributed by atoms with Crippen LogP contribution in [0.3, 0.4) is 0 Å². The molecule has 0 amide bonds. The lowest BCUT2D eigenvalue weighted by molar-refractivity contribution is 0.406. The van der Waals surface area contributed by atoms with E-state index in [-0.39, 0.29) is 11.4 Å². The van der Waals surface area contributed by atoms with E-state index in [0.717, 1.165) is 16.7 Å². The first kappa shape index (κ1) is 15.0. The minimum atomic E-state index is -0.302. The van der Waals surface area contributed by atoms with Gasteiger partial charge in [0.1, 0.15) is 5.82 Å². The maximum absolute atomic E-state index is 13.1. The van der Waals surface area contributed by atoms with Crippen LogP contribution in [0.5, 0.6) is 0 Å². The van der Waals surface area contributed by atoms with Gasteiger partial charge in [-0.1, -0.05) is 36.4 Å². The maximum atomic E-state index is 13.1. The van der Waals surface area contributed by atoms with Gasteiger partial charge in [-0.05, 0) is 42.7 Å². The second-order valence-corrected chi connectivity index (χ2v) is 5.52. The second-order valence-electron chi connectivity index (χ2n) is 5.26. The van der Waals surface area contributed by atoms with Gasteiger partial charge in [0.15, 0.2) is 0 Å². The van der Waals surface area contributed by atoms with E-state index in [9.17, 15) is 4.39 Å². The fourth-order valence-electron chi connectivity index (χ4n) is 2.18. The number of benzene rings is 2. The number of hydrogen-bond acceptors (Lipinski definition) is 1. The van der Waals surface area contributed by atoms with Gasteiger partial charge in [0.05, 0.1) is 5.54 Å². The summed E-state index contributed by atoms with van der Waals surface area (Å²) < 4.78 is 13.1. The molecule has 0 saturated heterocycles. The van der Waals surface area contributed by atoms with E-state index >= 15 is 0 Å². The molecule has 106 valence electrons. The molecule has 0 spiro atoms. The quantitative estimate of drug-likeness (QED) is 0.806. The Labute approximate surface area is 124 Å². The van der Waals surface area contributed by atoms with E-state index in [2.05, 4.69) is 24.4 Å². The molecule has 2 aromatic rings. The zero-order valence-electron chi connectivity index (χ0n) is 11.8. The van der Waals surface area contributed by atoms with Gasteiger partial charge in [-0.15, -0.1) is 11.6 Å². The van der Waals surface area contributed by atoms with Crippen LogP contribution in [0.2, 0.25) is 0 Å². The summed E-state index contributed by atoms with van der Waals surface area (Å²) in [7, 11) is 0. The molecule has 2 rings (SSSR count). The monoisotopic (exact) mass is 291 g/mol. The molecule has 1 N–H and O–H groups in total. The number of rotatable bonds is 5. The van der Waals surface area contributed by atoms with Gasteiger partial charge in [-0.3, -0.25) is 0 Å². The van der Waals surface area contributed by atoms with Crippen LogP contribution < -0.4 is 5.32 Å². The molecule has 1 unspecified atom stereocenters. The van der Waals surface area contributed by atoms with Crippen LogP contribution in [-0.4, -0.2) is 5.88 Å². The zero-order chi connectivity index (χ0) is 14.6. The molecule has 0 saturated carbocycles. The largest absolute Gasteiger partial charge is 0.302 e. The van der Waals surface area contributed by atoms with Crippen molar-refractivity contribution < 1.29 is 4.39 Å². The Morgan fingerprint density at radius 3 is 2.45 bits per heavy atom. The number of halogens is 2. The van der Waals surface area contributed by atoms with Crippen LogP contribution >= 0.6 is 11.6 Å². The Bertz CT molecular complexity index is 570. The van der Waals surface area contributed by atoms with Crippen LogP contribution in [-0.2, 0) is 12.1 Å². The predicted molar refractivity (Wildman–Crippen MR) is 82.5 cm³/mol. The molecule has 0 bridgehead atoms. The first-order chi connectivity index (χ1) is 9.55. The summed E-state index contributed by atoms with van der Waals surface area (Å²) in [4.78, 5) is 0. The van der Waals surface area contributed by atoms with Crippen molar-refractivity contribution >= 4 is 11.6 Å². The van der Waals surface area contributed by atoms with Gasteiger partial charge in [-0.2, -0.15) is 0 Å². The van der Waals surface area contributed by atoms with Crippen molar-refractivity contribution in [1.82, 2.24) is 5.32 Å². The number of aryl methyl sites for hydroxylation is 1. The third-order valence-electron chi connectivity index (χ3n) is 3.65. The molecule has 1 atom stereocenters. The molecular weight excluding hydrogens is 273 g/mol. The van der Waals surface area contributed by atoms with Gasteiger partial charge in [0.25, 0.3) is 0 Å². The van der Waals surface area contributed by atoms with Crippen molar-refractivity contribution in [2.75, 3.05) is 5.88 Å². The van der Waals surface area contributed by atoms with Crippen LogP contribution in [0.4, 0.5) is 4.39 Å². The molecule has 2 aromatic carbocycles. The van der Waals surface area contributed by atoms with Crippen LogP contribution in [0.1, 0.15) is 23.6 Å². The third-order valence-corrected chi connectivity index (χ3v) is 4.19. The Morgan fingerprint density at radius 1 is 1.15 bits per heavy atom. The zero-order valence-corrected chi connectivity index (χ0v) is 12.5. The summed E-state index contributed by atoms with van der Waals surface area (Å²) in [6, 6.07) is 15.0. The Hall–Kier alpha value is -1.38. The number of hydrogen-bond donors (Lipinski definition) is 1. The average molecular weight is 292 g/mol. The highest BCUT2D eigenvalue weighted by atomic mass is 35.5. The minimum Gasteiger partial charge on any atom is -0.302 e. The van der Waals surface area contributed by atoms with E-state index in [0.29, 0.717) is 12.4 Å². The minimum absolute atomic E-state index is 0.200. The van der Waals surface area contributed by atoms with Crippen molar-refractivity contribution in [1.29, 1.82) is 0 Å². The fraction of sp³-hybridized carbons (Fsp3) is 0.294. The summed E-state index contributed by atoms with van der Waals surface area (Å²) in [6.07, 6.45) is 0. The molecule has 0 radical (unpaired) electrons. The van der Waals surface area contributed by atoms with Gasteiger partial charge in [0, 0.05) is 12.4 Å². The maximum Gasteiger partial charge on any atom is 0.123 e. The average Bonchev–Trinajstić information content (AvgIpc) is 2.47. The highest BCUT2D eigenvalue weighted by molar-refractivity contribution is 6.18. The lowest BCUT2D eigenvalue weighted by atomic mass is 9.93. The standard InChI is InChI=1S/C17H19ClFN/c1-13-10-16(19)9-8-14(13)11-20-17(2,12-18)15-6-4-3-5-7-15/h3-10,20H,11-12H2,1-2H3. The summed E-state index contributed by atoms with van der Waals surface area (Å²) >= 11 is 6.15. The molecule has 1 nitrogen and oxygen atoms in total. The van der Waals surface area contributed by atoms with Gasteiger partial charge in [-0.25, -0.2) is 4.39 Å². The van der Waals surface area contributed by atoms with Gasteiger partial charge >= 0.3 is 0 Å². The lowest BCUT2D eigenvalue weighted by Crippen LogP contribution is -2.40. The smallest absolute Gasteiger partial charge is 0.123 e. The second kappa shape index (κ2) is 6.38. The summed E-state index contributed by atoms with van der Waals surface area (Å²) in [6.45, 7) is 4.65. The normalized spacial score (nSPS) is 14.0. The topological polar surface area (TPSA) is 12.0 Å². The molecule has 0 heterocycles. The molecule has 20 heavy (non-hydrogen) atoms. The number of nitrogens with one attached hydrogen (secondary N) is 1. The lowest BCUT2D eigenvalue weighted by Gasteiger charge is -2.30. The Morgan fingerprint density at radius 2 is 1.85 bits per heavy atom. The SMILES string of the molecule is Cc1cc(F)ccc1CNC(C)(CCl)c1ccccc1. The highest BCUT2D eigenvalue weighted by Gasteiger charge is 2.24. The molecule has 0 aliphatic heterocycles. The first-order valence-corrected chi connectivity index (χ1v) is 7.20. The van der Waals surface area contributed by atoms with Crippen LogP contribution in [0.25, 0.3) is 0 Å². The fourth-order valence-corrected chi connectivity index (χ4v) is 2.43. The van der Waals surface area contributed by atoms with E-state index in [1.807, 2.05) is 31.2 Å². The van der Waals surface area contributed by atoms with Crippen molar-refractivity contribution in [3.05, 3.63) is 71.0 Å². The van der Waals surface area contributed by atoms with E-state index in [4.69, 9.17) is 11.6 Å². The molecule has 0 aliphatic rings. The van der Waals surface area contributed by atoms with E-state index in [1.54, 1.807) is 6.07 Å². The summed E-state index contributed by atoms with van der Waals surface area (Å²) in [5.74, 6) is 0.270. The molecule has 0 fully saturated rings. The van der Waals surface area contributed by atoms with Crippen LogP contribution in [0.15, 0.2) is 48.5 Å². The number of alkyl halides is 1. The third kappa shape index (κ3) is 3.38. The summed E-state index contributed by atoms with van der Waals surface area (Å²) in [5.41, 5.74) is 2.87. The molecule has 3 heteroatoms. The highest BCUT2D eigenvalue weighted by Crippen LogP contribution is 2.23. The van der Waals surface area contributed by atoms with E-state index in [1.165, 1.54) is 6.07 Å². The predicted octanol–water partition coefficient (Wildman–Crippen LogP) is 4.38. The summed E-state index contributed by atoms with van der Waals surface area (Å²) in [5, 5.41) is 3.48. The first-order valence-electron chi connectivity index (χ1n) is 6.67. The molecule has 0 aliphatic carbocycles. The van der Waals surface area contributed by atoms with Gasteiger partial charge < -0.3 is 5.32 Å². The van der Waals surface area contributed by atoms with Crippen molar-refractivity contribution in [3.8, 4) is 0 Å². The van der Waals surface area contributed by atoms with Crippen molar-refractivity contribution in [2.45, 2.75) is 25.9 Å². The van der Waals surface area contributed by atoms with Crippen molar-refractivity contribution in [3.63, 3.8) is 0 Å².